The minimum atomic E-state index is -0.358. The predicted octanol–water partition coefficient (Wildman–Crippen LogP) is 5.74. The maximum absolute atomic E-state index is 14.1. The van der Waals surface area contributed by atoms with Gasteiger partial charge in [-0.3, -0.25) is 4.79 Å². The van der Waals surface area contributed by atoms with Crippen molar-refractivity contribution in [2.75, 3.05) is 6.61 Å². The molecule has 1 saturated heterocycles. The van der Waals surface area contributed by atoms with Crippen LogP contribution in [-0.4, -0.2) is 35.5 Å². The molecule has 4 nitrogen and oxygen atoms in total. The lowest BCUT2D eigenvalue weighted by Gasteiger charge is -2.74. The third-order valence-corrected chi connectivity index (χ3v) is 14.0. The molecule has 1 spiro atoms. The Labute approximate surface area is 206 Å². The topological polar surface area (TPSA) is 63.6 Å². The Balaban J connectivity index is 1.46. The van der Waals surface area contributed by atoms with Crippen LogP contribution in [0.3, 0.4) is 0 Å². The number of aliphatic hydroxyl groups excluding tert-OH is 1. The number of Topliss-reactive ketones (excluding diaryl/α,β-unsaturated/α-hetero) is 1. The molecule has 1 N–H and O–H groups in total. The molecular formula is C30H46O4. The highest BCUT2D eigenvalue weighted by Crippen LogP contribution is 2.79. The highest BCUT2D eigenvalue weighted by Gasteiger charge is 2.80. The first-order valence-electron chi connectivity index (χ1n) is 14.1. The van der Waals surface area contributed by atoms with E-state index in [1.165, 1.54) is 6.29 Å². The summed E-state index contributed by atoms with van der Waals surface area (Å²) in [6.45, 7) is 14.7. The van der Waals surface area contributed by atoms with E-state index in [1.54, 1.807) is 0 Å². The maximum Gasteiger partial charge on any atom is 0.142 e. The van der Waals surface area contributed by atoms with Crippen LogP contribution in [0.5, 0.6) is 0 Å². The Hall–Kier alpha value is -0.740. The second kappa shape index (κ2) is 6.57. The van der Waals surface area contributed by atoms with Crippen molar-refractivity contribution in [2.45, 2.75) is 117 Å². The third kappa shape index (κ3) is 2.35. The summed E-state index contributed by atoms with van der Waals surface area (Å²) in [6, 6.07) is 0. The van der Waals surface area contributed by atoms with Crippen molar-refractivity contribution >= 4 is 12.1 Å². The van der Waals surface area contributed by atoms with Gasteiger partial charge < -0.3 is 14.6 Å². The lowest BCUT2D eigenvalue weighted by Crippen LogP contribution is -2.73. The van der Waals surface area contributed by atoms with Crippen LogP contribution in [0, 0.1) is 50.2 Å². The van der Waals surface area contributed by atoms with Gasteiger partial charge in [-0.15, -0.1) is 0 Å². The Morgan fingerprint density at radius 2 is 1.59 bits per heavy atom. The van der Waals surface area contributed by atoms with Gasteiger partial charge in [0.15, 0.2) is 0 Å². The van der Waals surface area contributed by atoms with Crippen LogP contribution in [-0.2, 0) is 14.3 Å². The molecule has 6 rings (SSSR count). The number of carbonyl (C=O) groups is 2. The van der Waals surface area contributed by atoms with Crippen molar-refractivity contribution in [1.82, 2.24) is 0 Å². The van der Waals surface area contributed by atoms with Crippen molar-refractivity contribution < 1.29 is 19.4 Å². The number of rotatable bonds is 1. The van der Waals surface area contributed by atoms with Crippen LogP contribution in [0.4, 0.5) is 0 Å². The molecule has 0 aromatic rings. The molecule has 10 atom stereocenters. The number of fused-ring (bicyclic) bond motifs is 4. The standard InChI is InChI=1S/C30H46O4/c1-24(2)19-7-11-27(5)20(26(19,4)10-9-22(24)32)8-12-30-21-15-25(3,17-31)13-14-29(21,18-34-30)23(33)16-28(27,30)6/h17,19-22,32H,7-16,18H2,1-6H3. The molecule has 190 valence electrons. The van der Waals surface area contributed by atoms with E-state index in [2.05, 4.69) is 41.5 Å². The van der Waals surface area contributed by atoms with Crippen LogP contribution >= 0.6 is 0 Å². The van der Waals surface area contributed by atoms with E-state index in [-0.39, 0.29) is 50.1 Å². The Bertz CT molecular complexity index is 942. The number of ether oxygens (including phenoxy) is 1. The lowest BCUT2D eigenvalue weighted by molar-refractivity contribution is -0.282. The average Bonchev–Trinajstić information content (AvgIpc) is 3.05. The van der Waals surface area contributed by atoms with Crippen LogP contribution in [0.15, 0.2) is 0 Å². The molecular weight excluding hydrogens is 424 g/mol. The molecule has 0 aromatic heterocycles. The lowest BCUT2D eigenvalue weighted by atomic mass is 9.30. The zero-order valence-corrected chi connectivity index (χ0v) is 22.3. The summed E-state index contributed by atoms with van der Waals surface area (Å²) in [4.78, 5) is 26.2. The quantitative estimate of drug-likeness (QED) is 0.496. The second-order valence-corrected chi connectivity index (χ2v) is 15.3. The van der Waals surface area contributed by atoms with Gasteiger partial charge in [-0.1, -0.05) is 41.5 Å². The van der Waals surface area contributed by atoms with E-state index >= 15 is 0 Å². The van der Waals surface area contributed by atoms with Gasteiger partial charge in [0.1, 0.15) is 12.1 Å². The Morgan fingerprint density at radius 1 is 0.882 bits per heavy atom. The molecule has 5 aliphatic carbocycles. The van der Waals surface area contributed by atoms with Crippen LogP contribution in [0.25, 0.3) is 0 Å². The summed E-state index contributed by atoms with van der Waals surface area (Å²) in [5.74, 6) is 1.64. The van der Waals surface area contributed by atoms with Gasteiger partial charge in [0.25, 0.3) is 0 Å². The molecule has 0 aromatic carbocycles. The smallest absolute Gasteiger partial charge is 0.142 e. The predicted molar refractivity (Wildman–Crippen MR) is 131 cm³/mol. The van der Waals surface area contributed by atoms with E-state index in [4.69, 9.17) is 4.74 Å². The van der Waals surface area contributed by atoms with Crippen molar-refractivity contribution in [3.8, 4) is 0 Å². The van der Waals surface area contributed by atoms with Gasteiger partial charge in [0.05, 0.1) is 23.7 Å². The highest BCUT2D eigenvalue weighted by molar-refractivity contribution is 5.89. The van der Waals surface area contributed by atoms with Crippen LogP contribution in [0.1, 0.15) is 106 Å². The van der Waals surface area contributed by atoms with Gasteiger partial charge in [-0.25, -0.2) is 0 Å². The highest BCUT2D eigenvalue weighted by atomic mass is 16.5. The summed E-state index contributed by atoms with van der Waals surface area (Å²) in [6.07, 6.45) is 10.4. The maximum atomic E-state index is 14.1. The van der Waals surface area contributed by atoms with Gasteiger partial charge in [0, 0.05) is 23.2 Å². The van der Waals surface area contributed by atoms with E-state index in [0.29, 0.717) is 30.6 Å². The van der Waals surface area contributed by atoms with E-state index in [1.807, 2.05) is 0 Å². The number of hydrogen-bond acceptors (Lipinski definition) is 4. The summed E-state index contributed by atoms with van der Waals surface area (Å²) >= 11 is 0. The molecule has 0 amide bonds. The fourth-order valence-corrected chi connectivity index (χ4v) is 11.7. The summed E-state index contributed by atoms with van der Waals surface area (Å²) in [5.41, 5.74) is -1.05. The molecule has 4 heteroatoms. The van der Waals surface area contributed by atoms with E-state index in [0.717, 1.165) is 57.8 Å². The molecule has 1 heterocycles. The Kier molecular flexibility index (Phi) is 4.57. The largest absolute Gasteiger partial charge is 0.393 e. The molecule has 6 fully saturated rings. The third-order valence-electron chi connectivity index (χ3n) is 14.0. The fraction of sp³-hybridized carbons (Fsp3) is 0.933. The second-order valence-electron chi connectivity index (χ2n) is 15.3. The summed E-state index contributed by atoms with van der Waals surface area (Å²) < 4.78 is 6.98. The normalized spacial score (nSPS) is 59.9. The summed E-state index contributed by atoms with van der Waals surface area (Å²) in [5, 5.41) is 10.9. The SMILES string of the molecule is CC1(C=O)CCC23COC4(CCC5C6(C)CCC(O)C(C)(C)C6CCC5(C)C4(C)CC2=O)C3C1. The monoisotopic (exact) mass is 470 g/mol. The number of ketones is 1. The minimum absolute atomic E-state index is 0.0239. The molecule has 5 saturated carbocycles. The van der Waals surface area contributed by atoms with Crippen LogP contribution < -0.4 is 0 Å². The zero-order valence-electron chi connectivity index (χ0n) is 22.3. The Morgan fingerprint density at radius 3 is 2.29 bits per heavy atom. The van der Waals surface area contributed by atoms with Gasteiger partial charge in [-0.05, 0) is 85.9 Å². The first kappa shape index (κ1) is 23.6. The number of aldehydes is 1. The molecule has 0 radical (unpaired) electrons. The van der Waals surface area contributed by atoms with Crippen molar-refractivity contribution in [3.63, 3.8) is 0 Å². The van der Waals surface area contributed by atoms with E-state index in [9.17, 15) is 14.7 Å². The average molecular weight is 471 g/mol. The van der Waals surface area contributed by atoms with Crippen molar-refractivity contribution in [1.29, 1.82) is 0 Å². The first-order chi connectivity index (χ1) is 15.7. The fourth-order valence-electron chi connectivity index (χ4n) is 11.7. The molecule has 2 bridgehead atoms. The van der Waals surface area contributed by atoms with E-state index < -0.39 is 0 Å². The first-order valence-corrected chi connectivity index (χ1v) is 14.1. The molecule has 1 aliphatic heterocycles. The molecule has 6 aliphatic rings. The van der Waals surface area contributed by atoms with Gasteiger partial charge >= 0.3 is 0 Å². The molecule has 10 unspecified atom stereocenters. The number of carbonyl (C=O) groups excluding carboxylic acids is 2. The summed E-state index contributed by atoms with van der Waals surface area (Å²) in [7, 11) is 0. The van der Waals surface area contributed by atoms with Gasteiger partial charge in [0.2, 0.25) is 0 Å². The number of aliphatic hydroxyl groups is 1. The number of hydrogen-bond donors (Lipinski definition) is 1. The molecule has 34 heavy (non-hydrogen) atoms. The van der Waals surface area contributed by atoms with Crippen LogP contribution in [0.2, 0.25) is 0 Å². The van der Waals surface area contributed by atoms with Crippen molar-refractivity contribution in [3.05, 3.63) is 0 Å². The minimum Gasteiger partial charge on any atom is -0.393 e. The zero-order chi connectivity index (χ0) is 24.6. The van der Waals surface area contributed by atoms with Crippen molar-refractivity contribution in [2.24, 2.45) is 50.2 Å². The van der Waals surface area contributed by atoms with Gasteiger partial charge in [-0.2, -0.15) is 0 Å².